The summed E-state index contributed by atoms with van der Waals surface area (Å²) < 4.78 is 7.13. The number of thioether (sulfide) groups is 1. The van der Waals surface area contributed by atoms with Gasteiger partial charge >= 0.3 is 0 Å². The second-order valence-corrected chi connectivity index (χ2v) is 6.66. The van der Waals surface area contributed by atoms with Crippen LogP contribution in [-0.4, -0.2) is 51.5 Å². The van der Waals surface area contributed by atoms with E-state index in [4.69, 9.17) is 4.74 Å². The Morgan fingerprint density at radius 2 is 2.00 bits per heavy atom. The zero-order chi connectivity index (χ0) is 18.4. The molecule has 0 N–H and O–H groups in total. The van der Waals surface area contributed by atoms with E-state index in [1.54, 1.807) is 12.0 Å². The van der Waals surface area contributed by atoms with Crippen LogP contribution in [0.2, 0.25) is 0 Å². The molecular formula is C18H24N4O2S. The molecule has 0 saturated carbocycles. The number of rotatable bonds is 8. The minimum Gasteiger partial charge on any atom is -0.497 e. The standard InChI is InChI=1S/C18H24N4O2S/c1-6-21(11-13(2)3)17(23)12-25-18-20-19-14(4)22(18)15-7-9-16(24-5)10-8-15/h7-10H,2,6,11-12H2,1,3-5H3. The average molecular weight is 360 g/mol. The van der Waals surface area contributed by atoms with Gasteiger partial charge in [0.15, 0.2) is 5.16 Å². The summed E-state index contributed by atoms with van der Waals surface area (Å²) in [4.78, 5) is 14.2. The molecule has 0 aliphatic heterocycles. The van der Waals surface area contributed by atoms with Crippen molar-refractivity contribution in [3.05, 3.63) is 42.2 Å². The van der Waals surface area contributed by atoms with Crippen LogP contribution in [0.3, 0.4) is 0 Å². The third kappa shape index (κ3) is 4.85. The fourth-order valence-corrected chi connectivity index (χ4v) is 3.29. The Bertz CT molecular complexity index is 740. The van der Waals surface area contributed by atoms with Gasteiger partial charge in [-0.15, -0.1) is 10.2 Å². The molecule has 0 radical (unpaired) electrons. The molecule has 0 saturated heterocycles. The quantitative estimate of drug-likeness (QED) is 0.535. The number of amides is 1. The van der Waals surface area contributed by atoms with Crippen LogP contribution in [0.1, 0.15) is 19.7 Å². The fourth-order valence-electron chi connectivity index (χ4n) is 2.38. The highest BCUT2D eigenvalue weighted by molar-refractivity contribution is 7.99. The first kappa shape index (κ1) is 19.1. The number of aryl methyl sites for hydroxylation is 1. The van der Waals surface area contributed by atoms with Gasteiger partial charge in [-0.2, -0.15) is 0 Å². The minimum absolute atomic E-state index is 0.0671. The Labute approximate surface area is 152 Å². The van der Waals surface area contributed by atoms with Crippen molar-refractivity contribution in [1.29, 1.82) is 0 Å². The van der Waals surface area contributed by atoms with Gasteiger partial charge in [0.25, 0.3) is 0 Å². The number of ether oxygens (including phenoxy) is 1. The molecule has 0 aliphatic carbocycles. The van der Waals surface area contributed by atoms with Crippen molar-refractivity contribution >= 4 is 17.7 Å². The summed E-state index contributed by atoms with van der Waals surface area (Å²) in [6.45, 7) is 10.9. The van der Waals surface area contributed by atoms with Crippen molar-refractivity contribution in [1.82, 2.24) is 19.7 Å². The van der Waals surface area contributed by atoms with E-state index in [2.05, 4.69) is 16.8 Å². The number of carbonyl (C=O) groups is 1. The van der Waals surface area contributed by atoms with Gasteiger partial charge in [-0.1, -0.05) is 23.9 Å². The molecule has 0 unspecified atom stereocenters. The Morgan fingerprint density at radius 1 is 1.32 bits per heavy atom. The highest BCUT2D eigenvalue weighted by atomic mass is 32.2. The summed E-state index contributed by atoms with van der Waals surface area (Å²) in [6.07, 6.45) is 0. The lowest BCUT2D eigenvalue weighted by atomic mass is 10.3. The number of likely N-dealkylation sites (N-methyl/N-ethyl adjacent to an activating group) is 1. The predicted molar refractivity (Wildman–Crippen MR) is 100 cm³/mol. The van der Waals surface area contributed by atoms with Gasteiger partial charge in [0.05, 0.1) is 12.9 Å². The topological polar surface area (TPSA) is 60.2 Å². The van der Waals surface area contributed by atoms with E-state index < -0.39 is 0 Å². The van der Waals surface area contributed by atoms with Crippen LogP contribution in [-0.2, 0) is 4.79 Å². The van der Waals surface area contributed by atoms with Crippen molar-refractivity contribution in [2.45, 2.75) is 25.9 Å². The summed E-state index contributed by atoms with van der Waals surface area (Å²) in [7, 11) is 1.64. The first-order valence-corrected chi connectivity index (χ1v) is 9.06. The highest BCUT2D eigenvalue weighted by Gasteiger charge is 2.16. The van der Waals surface area contributed by atoms with E-state index in [-0.39, 0.29) is 5.91 Å². The van der Waals surface area contributed by atoms with E-state index >= 15 is 0 Å². The maximum Gasteiger partial charge on any atom is 0.233 e. The fraction of sp³-hybridized carbons (Fsp3) is 0.389. The second kappa shape index (κ2) is 8.71. The molecule has 1 aromatic heterocycles. The number of benzene rings is 1. The molecule has 1 amide bonds. The normalized spacial score (nSPS) is 10.6. The molecule has 1 heterocycles. The summed E-state index contributed by atoms with van der Waals surface area (Å²) in [6, 6.07) is 7.67. The number of hydrogen-bond acceptors (Lipinski definition) is 5. The molecule has 0 bridgehead atoms. The first-order chi connectivity index (χ1) is 12.0. The molecule has 2 aromatic rings. The zero-order valence-corrected chi connectivity index (χ0v) is 16.0. The molecule has 7 heteroatoms. The first-order valence-electron chi connectivity index (χ1n) is 8.07. The highest BCUT2D eigenvalue weighted by Crippen LogP contribution is 2.23. The van der Waals surface area contributed by atoms with Crippen LogP contribution in [0, 0.1) is 6.92 Å². The molecule has 0 atom stereocenters. The van der Waals surface area contributed by atoms with Crippen LogP contribution in [0.5, 0.6) is 5.75 Å². The smallest absolute Gasteiger partial charge is 0.233 e. The molecule has 6 nitrogen and oxygen atoms in total. The van der Waals surface area contributed by atoms with Crippen LogP contribution in [0.4, 0.5) is 0 Å². The lowest BCUT2D eigenvalue weighted by molar-refractivity contribution is -0.127. The van der Waals surface area contributed by atoms with Crippen molar-refractivity contribution < 1.29 is 9.53 Å². The summed E-state index contributed by atoms with van der Waals surface area (Å²) >= 11 is 1.39. The SMILES string of the molecule is C=C(C)CN(CC)C(=O)CSc1nnc(C)n1-c1ccc(OC)cc1. The molecular weight excluding hydrogens is 336 g/mol. The molecule has 0 aliphatic rings. The van der Waals surface area contributed by atoms with Gasteiger partial charge in [-0.25, -0.2) is 0 Å². The number of carbonyl (C=O) groups excluding carboxylic acids is 1. The Balaban J connectivity index is 2.13. The van der Waals surface area contributed by atoms with E-state index in [1.165, 1.54) is 11.8 Å². The van der Waals surface area contributed by atoms with Gasteiger partial charge in [0, 0.05) is 18.8 Å². The molecule has 0 fully saturated rings. The average Bonchev–Trinajstić information content (AvgIpc) is 2.98. The lowest BCUT2D eigenvalue weighted by Crippen LogP contribution is -2.33. The molecule has 0 spiro atoms. The Kier molecular flexibility index (Phi) is 6.64. The van der Waals surface area contributed by atoms with Crippen LogP contribution in [0.25, 0.3) is 5.69 Å². The zero-order valence-electron chi connectivity index (χ0n) is 15.2. The van der Waals surface area contributed by atoms with Crippen LogP contribution >= 0.6 is 11.8 Å². The second-order valence-electron chi connectivity index (χ2n) is 5.72. The summed E-state index contributed by atoms with van der Waals surface area (Å²) in [5.41, 5.74) is 1.91. The van der Waals surface area contributed by atoms with Gasteiger partial charge in [0.1, 0.15) is 11.6 Å². The predicted octanol–water partition coefficient (Wildman–Crippen LogP) is 3.10. The van der Waals surface area contributed by atoms with Crippen molar-refractivity contribution in [3.63, 3.8) is 0 Å². The molecule has 2 rings (SSSR count). The summed E-state index contributed by atoms with van der Waals surface area (Å²) in [5, 5.41) is 9.05. The van der Waals surface area contributed by atoms with Gasteiger partial charge in [-0.3, -0.25) is 9.36 Å². The van der Waals surface area contributed by atoms with Crippen LogP contribution in [0.15, 0.2) is 41.6 Å². The maximum absolute atomic E-state index is 12.4. The van der Waals surface area contributed by atoms with Gasteiger partial charge in [-0.05, 0) is 45.0 Å². The van der Waals surface area contributed by atoms with E-state index in [9.17, 15) is 4.79 Å². The lowest BCUT2D eigenvalue weighted by Gasteiger charge is -2.20. The van der Waals surface area contributed by atoms with Crippen LogP contribution < -0.4 is 4.74 Å². The van der Waals surface area contributed by atoms with E-state index in [1.807, 2.05) is 49.6 Å². The number of nitrogens with zero attached hydrogens (tertiary/aromatic N) is 4. The van der Waals surface area contributed by atoms with E-state index in [0.717, 1.165) is 22.8 Å². The van der Waals surface area contributed by atoms with E-state index in [0.29, 0.717) is 24.0 Å². The number of hydrogen-bond donors (Lipinski definition) is 0. The Hall–Kier alpha value is -2.28. The number of methoxy groups -OCH3 is 1. The van der Waals surface area contributed by atoms with Crippen molar-refractivity contribution in [3.8, 4) is 11.4 Å². The third-order valence-corrected chi connectivity index (χ3v) is 4.56. The molecule has 1 aromatic carbocycles. The van der Waals surface area contributed by atoms with Crippen molar-refractivity contribution in [2.75, 3.05) is 26.0 Å². The Morgan fingerprint density at radius 3 is 2.56 bits per heavy atom. The number of aromatic nitrogens is 3. The monoisotopic (exact) mass is 360 g/mol. The summed E-state index contributed by atoms with van der Waals surface area (Å²) in [5.74, 6) is 1.94. The molecule has 134 valence electrons. The minimum atomic E-state index is 0.0671. The van der Waals surface area contributed by atoms with Gasteiger partial charge in [0.2, 0.25) is 5.91 Å². The van der Waals surface area contributed by atoms with Gasteiger partial charge < -0.3 is 9.64 Å². The maximum atomic E-state index is 12.4. The molecule has 25 heavy (non-hydrogen) atoms. The third-order valence-electron chi connectivity index (χ3n) is 3.65. The van der Waals surface area contributed by atoms with Crippen molar-refractivity contribution in [2.24, 2.45) is 0 Å². The largest absolute Gasteiger partial charge is 0.497 e.